The van der Waals surface area contributed by atoms with Gasteiger partial charge in [-0.1, -0.05) is 11.6 Å². The van der Waals surface area contributed by atoms with Gasteiger partial charge in [0.1, 0.15) is 5.52 Å². The van der Waals surface area contributed by atoms with Gasteiger partial charge in [-0.25, -0.2) is 9.97 Å². The molecule has 0 radical (unpaired) electrons. The fourth-order valence-corrected chi connectivity index (χ4v) is 1.53. The summed E-state index contributed by atoms with van der Waals surface area (Å²) >= 11 is 6.01. The molecule has 17 heavy (non-hydrogen) atoms. The van der Waals surface area contributed by atoms with Gasteiger partial charge in [0.15, 0.2) is 10.8 Å². The zero-order valence-electron chi connectivity index (χ0n) is 9.53. The average Bonchev–Trinajstić information content (AvgIpc) is 2.29. The molecule has 0 bridgehead atoms. The van der Waals surface area contributed by atoms with Crippen LogP contribution in [0, 0.1) is 13.8 Å². The van der Waals surface area contributed by atoms with E-state index in [4.69, 9.17) is 16.7 Å². The lowest BCUT2D eigenvalue weighted by Gasteiger charge is -2.06. The van der Waals surface area contributed by atoms with Gasteiger partial charge >= 0.3 is 0 Å². The van der Waals surface area contributed by atoms with Crippen molar-refractivity contribution in [3.63, 3.8) is 0 Å². The van der Waals surface area contributed by atoms with E-state index in [0.29, 0.717) is 23.7 Å². The Labute approximate surface area is 103 Å². The van der Waals surface area contributed by atoms with Crippen LogP contribution in [0.2, 0.25) is 5.15 Å². The number of aryl methyl sites for hydroxylation is 2. The number of aliphatic hydroxyl groups is 1. The Bertz CT molecular complexity index is 560. The van der Waals surface area contributed by atoms with E-state index in [1.165, 1.54) is 0 Å². The van der Waals surface area contributed by atoms with Gasteiger partial charge in [0.05, 0.1) is 18.0 Å². The quantitative estimate of drug-likeness (QED) is 0.797. The van der Waals surface area contributed by atoms with Gasteiger partial charge in [-0.2, -0.15) is 9.97 Å². The molecule has 0 fully saturated rings. The standard InChI is InChI=1S/C10H12ClN5O/c1-5-6(2)14-9-7(13-5)8(11)15-10(16-9)12-3-4-17/h17H,3-4H2,1-2H3,(H,12,14,15,16). The number of aromatic nitrogens is 4. The van der Waals surface area contributed by atoms with E-state index in [1.807, 2.05) is 13.8 Å². The highest BCUT2D eigenvalue weighted by Gasteiger charge is 2.10. The molecule has 0 aliphatic heterocycles. The Morgan fingerprint density at radius 2 is 1.82 bits per heavy atom. The van der Waals surface area contributed by atoms with Crippen molar-refractivity contribution in [3.8, 4) is 0 Å². The number of fused-ring (bicyclic) bond motifs is 1. The number of aliphatic hydroxyl groups excluding tert-OH is 1. The van der Waals surface area contributed by atoms with Crippen molar-refractivity contribution in [3.05, 3.63) is 16.5 Å². The number of nitrogens with zero attached hydrogens (tertiary/aromatic N) is 4. The van der Waals surface area contributed by atoms with Crippen LogP contribution in [-0.2, 0) is 0 Å². The van der Waals surface area contributed by atoms with Crippen LogP contribution in [0.3, 0.4) is 0 Å². The Morgan fingerprint density at radius 3 is 2.53 bits per heavy atom. The number of rotatable bonds is 3. The molecule has 0 unspecified atom stereocenters. The molecule has 2 N–H and O–H groups in total. The van der Waals surface area contributed by atoms with Crippen LogP contribution in [0.1, 0.15) is 11.4 Å². The van der Waals surface area contributed by atoms with Crippen LogP contribution in [0.15, 0.2) is 0 Å². The molecule has 0 atom stereocenters. The predicted octanol–water partition coefficient (Wildman–Crippen LogP) is 1.09. The molecule has 2 rings (SSSR count). The number of anilines is 1. The molecule has 7 heteroatoms. The van der Waals surface area contributed by atoms with Crippen LogP contribution in [-0.4, -0.2) is 38.2 Å². The van der Waals surface area contributed by atoms with Crippen LogP contribution < -0.4 is 5.32 Å². The summed E-state index contributed by atoms with van der Waals surface area (Å²) in [7, 11) is 0. The largest absolute Gasteiger partial charge is 0.395 e. The number of nitrogens with one attached hydrogen (secondary N) is 1. The lowest BCUT2D eigenvalue weighted by molar-refractivity contribution is 0.311. The fraction of sp³-hybridized carbons (Fsp3) is 0.400. The Balaban J connectivity index is 2.53. The van der Waals surface area contributed by atoms with Crippen molar-refractivity contribution in [1.82, 2.24) is 19.9 Å². The molecule has 0 aliphatic rings. The van der Waals surface area contributed by atoms with Crippen LogP contribution >= 0.6 is 11.6 Å². The molecule has 0 aromatic carbocycles. The van der Waals surface area contributed by atoms with E-state index >= 15 is 0 Å². The SMILES string of the molecule is Cc1nc2nc(NCCO)nc(Cl)c2nc1C. The van der Waals surface area contributed by atoms with Crippen molar-refractivity contribution in [2.75, 3.05) is 18.5 Å². The van der Waals surface area contributed by atoms with Crippen LogP contribution in [0.4, 0.5) is 5.95 Å². The lowest BCUT2D eigenvalue weighted by Crippen LogP contribution is -2.09. The van der Waals surface area contributed by atoms with Gasteiger partial charge in [0, 0.05) is 6.54 Å². The van der Waals surface area contributed by atoms with E-state index in [-0.39, 0.29) is 11.8 Å². The lowest BCUT2D eigenvalue weighted by atomic mass is 10.3. The van der Waals surface area contributed by atoms with Crippen molar-refractivity contribution >= 4 is 28.7 Å². The summed E-state index contributed by atoms with van der Waals surface area (Å²) in [6.07, 6.45) is 0. The topological polar surface area (TPSA) is 83.8 Å². The smallest absolute Gasteiger partial charge is 0.226 e. The first-order valence-corrected chi connectivity index (χ1v) is 5.53. The fourth-order valence-electron chi connectivity index (χ4n) is 1.33. The zero-order valence-corrected chi connectivity index (χ0v) is 10.3. The summed E-state index contributed by atoms with van der Waals surface area (Å²) in [5.74, 6) is 0.342. The normalized spacial score (nSPS) is 10.8. The second kappa shape index (κ2) is 4.77. The molecule has 6 nitrogen and oxygen atoms in total. The van der Waals surface area contributed by atoms with Crippen molar-refractivity contribution in [1.29, 1.82) is 0 Å². The first-order valence-electron chi connectivity index (χ1n) is 5.15. The maximum Gasteiger partial charge on any atom is 0.226 e. The number of halogens is 1. The Hall–Kier alpha value is -1.53. The summed E-state index contributed by atoms with van der Waals surface area (Å²) in [4.78, 5) is 16.8. The van der Waals surface area contributed by atoms with Crippen molar-refractivity contribution in [2.24, 2.45) is 0 Å². The van der Waals surface area contributed by atoms with Gasteiger partial charge in [0.25, 0.3) is 0 Å². The van der Waals surface area contributed by atoms with Gasteiger partial charge in [-0.15, -0.1) is 0 Å². The van der Waals surface area contributed by atoms with Crippen LogP contribution in [0.25, 0.3) is 11.2 Å². The van der Waals surface area contributed by atoms with Crippen molar-refractivity contribution in [2.45, 2.75) is 13.8 Å². The summed E-state index contributed by atoms with van der Waals surface area (Å²) in [5.41, 5.74) is 2.55. The van der Waals surface area contributed by atoms with E-state index in [9.17, 15) is 0 Å². The molecule has 0 amide bonds. The molecular formula is C10H12ClN5O. The predicted molar refractivity (Wildman–Crippen MR) is 65.2 cm³/mol. The van der Waals surface area contributed by atoms with Crippen molar-refractivity contribution < 1.29 is 5.11 Å². The highest BCUT2D eigenvalue weighted by Crippen LogP contribution is 2.19. The minimum absolute atomic E-state index is 0.00236. The van der Waals surface area contributed by atoms with Gasteiger partial charge in [-0.05, 0) is 13.8 Å². The molecule has 2 aromatic rings. The maximum absolute atomic E-state index is 8.71. The molecule has 0 saturated heterocycles. The zero-order chi connectivity index (χ0) is 12.4. The van der Waals surface area contributed by atoms with E-state index in [2.05, 4.69) is 25.3 Å². The number of hydrogen-bond acceptors (Lipinski definition) is 6. The number of hydrogen-bond donors (Lipinski definition) is 2. The highest BCUT2D eigenvalue weighted by molar-refractivity contribution is 6.33. The second-order valence-electron chi connectivity index (χ2n) is 3.56. The van der Waals surface area contributed by atoms with Gasteiger partial charge in [-0.3, -0.25) is 0 Å². The molecule has 2 aromatic heterocycles. The average molecular weight is 254 g/mol. The summed E-state index contributed by atoms with van der Waals surface area (Å²) < 4.78 is 0. The highest BCUT2D eigenvalue weighted by atomic mass is 35.5. The van der Waals surface area contributed by atoms with Gasteiger partial charge in [0.2, 0.25) is 5.95 Å². The Morgan fingerprint density at radius 1 is 1.12 bits per heavy atom. The summed E-state index contributed by atoms with van der Waals surface area (Å²) in [6.45, 7) is 4.08. The third-order valence-corrected chi connectivity index (χ3v) is 2.56. The third kappa shape index (κ3) is 2.42. The monoisotopic (exact) mass is 253 g/mol. The summed E-state index contributed by atoms with van der Waals surface area (Å²) in [6, 6.07) is 0. The first-order chi connectivity index (χ1) is 8.11. The molecular weight excluding hydrogens is 242 g/mol. The third-order valence-electron chi connectivity index (χ3n) is 2.29. The Kier molecular flexibility index (Phi) is 3.35. The van der Waals surface area contributed by atoms with E-state index < -0.39 is 0 Å². The molecule has 0 aliphatic carbocycles. The first kappa shape index (κ1) is 11.9. The minimum Gasteiger partial charge on any atom is -0.395 e. The van der Waals surface area contributed by atoms with Gasteiger partial charge < -0.3 is 10.4 Å². The van der Waals surface area contributed by atoms with E-state index in [1.54, 1.807) is 0 Å². The van der Waals surface area contributed by atoms with Crippen LogP contribution in [0.5, 0.6) is 0 Å². The van der Waals surface area contributed by atoms with E-state index in [0.717, 1.165) is 11.4 Å². The minimum atomic E-state index is -0.00236. The molecule has 0 spiro atoms. The maximum atomic E-state index is 8.71. The molecule has 2 heterocycles. The summed E-state index contributed by atoms with van der Waals surface area (Å²) in [5, 5.41) is 11.8. The second-order valence-corrected chi connectivity index (χ2v) is 3.91. The molecule has 90 valence electrons. The molecule has 0 saturated carbocycles.